The van der Waals surface area contributed by atoms with Gasteiger partial charge < -0.3 is 9.47 Å². The van der Waals surface area contributed by atoms with Crippen molar-refractivity contribution in [2.24, 2.45) is 11.8 Å². The van der Waals surface area contributed by atoms with E-state index in [-0.39, 0.29) is 12.2 Å². The molecule has 0 aliphatic heterocycles. The number of Topliss-reactive ketones (excluding diaryl/α,β-unsaturated/α-hetero) is 1. The molecule has 0 spiro atoms. The minimum Gasteiger partial charge on any atom is -0.353 e. The van der Waals surface area contributed by atoms with Gasteiger partial charge in [0.25, 0.3) is 0 Å². The van der Waals surface area contributed by atoms with Crippen molar-refractivity contribution in [3.63, 3.8) is 0 Å². The molecule has 0 saturated heterocycles. The molecular weight excluding hydrogens is 204 g/mol. The Hall–Kier alpha value is -0.410. The number of hydrogen-bond donors (Lipinski definition) is 0. The molecule has 0 rings (SSSR count). The molecule has 0 aromatic carbocycles. The molecule has 0 bridgehead atoms. The van der Waals surface area contributed by atoms with Crippen LogP contribution in [-0.4, -0.2) is 25.3 Å². The molecule has 96 valence electrons. The summed E-state index contributed by atoms with van der Waals surface area (Å²) in [5.74, 6) is 0.748. The first kappa shape index (κ1) is 15.6. The summed E-state index contributed by atoms with van der Waals surface area (Å²) in [5, 5.41) is 0. The van der Waals surface area contributed by atoms with Crippen LogP contribution >= 0.6 is 0 Å². The highest BCUT2D eigenvalue weighted by molar-refractivity contribution is 5.80. The average Bonchev–Trinajstić information content (AvgIpc) is 2.17. The zero-order valence-electron chi connectivity index (χ0n) is 11.3. The second kappa shape index (κ2) is 8.71. The molecule has 3 nitrogen and oxygen atoms in total. The lowest BCUT2D eigenvalue weighted by Crippen LogP contribution is -2.24. The van der Waals surface area contributed by atoms with E-state index in [1.165, 1.54) is 0 Å². The van der Waals surface area contributed by atoms with Gasteiger partial charge in [0.1, 0.15) is 5.78 Å². The smallest absolute Gasteiger partial charge is 0.158 e. The zero-order valence-corrected chi connectivity index (χ0v) is 11.3. The summed E-state index contributed by atoms with van der Waals surface area (Å²) >= 11 is 0. The van der Waals surface area contributed by atoms with Gasteiger partial charge in [0.05, 0.1) is 0 Å². The molecule has 0 aliphatic carbocycles. The van der Waals surface area contributed by atoms with Crippen molar-refractivity contribution in [2.75, 3.05) is 13.2 Å². The third kappa shape index (κ3) is 6.96. The van der Waals surface area contributed by atoms with Crippen molar-refractivity contribution in [2.45, 2.75) is 53.8 Å². The van der Waals surface area contributed by atoms with Crippen molar-refractivity contribution in [1.82, 2.24) is 0 Å². The van der Waals surface area contributed by atoms with Gasteiger partial charge in [-0.2, -0.15) is 0 Å². The average molecular weight is 230 g/mol. The Balaban J connectivity index is 4.05. The van der Waals surface area contributed by atoms with Gasteiger partial charge >= 0.3 is 0 Å². The standard InChI is InChI=1S/C13H26O3/c1-6-15-13(16-7-2)9-11(5)12(14)8-10(3)4/h10-11,13H,6-9H2,1-5H3. The Morgan fingerprint density at radius 3 is 1.94 bits per heavy atom. The molecule has 0 amide bonds. The number of rotatable bonds is 9. The second-order valence-corrected chi connectivity index (χ2v) is 4.54. The maximum Gasteiger partial charge on any atom is 0.158 e. The summed E-state index contributed by atoms with van der Waals surface area (Å²) in [6.07, 6.45) is 1.07. The summed E-state index contributed by atoms with van der Waals surface area (Å²) < 4.78 is 10.9. The highest BCUT2D eigenvalue weighted by atomic mass is 16.7. The number of ether oxygens (including phenoxy) is 2. The Morgan fingerprint density at radius 1 is 1.06 bits per heavy atom. The molecular formula is C13H26O3. The van der Waals surface area contributed by atoms with Gasteiger partial charge in [-0.25, -0.2) is 0 Å². The summed E-state index contributed by atoms with van der Waals surface area (Å²) in [6.45, 7) is 11.2. The van der Waals surface area contributed by atoms with Crippen molar-refractivity contribution in [3.05, 3.63) is 0 Å². The van der Waals surface area contributed by atoms with E-state index in [1.807, 2.05) is 20.8 Å². The van der Waals surface area contributed by atoms with E-state index in [0.717, 1.165) is 0 Å². The second-order valence-electron chi connectivity index (χ2n) is 4.54. The van der Waals surface area contributed by atoms with Gasteiger partial charge in [0.2, 0.25) is 0 Å². The van der Waals surface area contributed by atoms with Gasteiger partial charge in [0, 0.05) is 32.0 Å². The van der Waals surface area contributed by atoms with E-state index in [1.54, 1.807) is 0 Å². The number of hydrogen-bond acceptors (Lipinski definition) is 3. The van der Waals surface area contributed by atoms with Crippen LogP contribution < -0.4 is 0 Å². The summed E-state index contributed by atoms with van der Waals surface area (Å²) in [4.78, 5) is 11.8. The molecule has 0 aliphatic rings. The molecule has 0 aromatic rings. The molecule has 0 saturated carbocycles. The van der Waals surface area contributed by atoms with Crippen LogP contribution in [0.15, 0.2) is 0 Å². The van der Waals surface area contributed by atoms with E-state index in [2.05, 4.69) is 13.8 Å². The quantitative estimate of drug-likeness (QED) is 0.571. The Kier molecular flexibility index (Phi) is 8.49. The maximum atomic E-state index is 11.8. The van der Waals surface area contributed by atoms with Gasteiger partial charge in [-0.05, 0) is 19.8 Å². The summed E-state index contributed by atoms with van der Waals surface area (Å²) in [7, 11) is 0. The first-order chi connectivity index (χ1) is 7.51. The summed E-state index contributed by atoms with van der Waals surface area (Å²) in [5.41, 5.74) is 0. The fourth-order valence-corrected chi connectivity index (χ4v) is 1.58. The lowest BCUT2D eigenvalue weighted by Gasteiger charge is -2.20. The summed E-state index contributed by atoms with van der Waals surface area (Å²) in [6, 6.07) is 0. The van der Waals surface area contributed by atoms with E-state index in [4.69, 9.17) is 9.47 Å². The first-order valence-corrected chi connectivity index (χ1v) is 6.27. The van der Waals surface area contributed by atoms with E-state index >= 15 is 0 Å². The molecule has 0 N–H and O–H groups in total. The minimum absolute atomic E-state index is 0.0190. The first-order valence-electron chi connectivity index (χ1n) is 6.27. The van der Waals surface area contributed by atoms with Crippen LogP contribution in [0.4, 0.5) is 0 Å². The Morgan fingerprint density at radius 2 is 1.56 bits per heavy atom. The van der Waals surface area contributed by atoms with Crippen LogP contribution in [0.5, 0.6) is 0 Å². The molecule has 16 heavy (non-hydrogen) atoms. The predicted octanol–water partition coefficient (Wildman–Crippen LogP) is 3.03. The largest absolute Gasteiger partial charge is 0.353 e. The molecule has 0 aromatic heterocycles. The van der Waals surface area contributed by atoms with Gasteiger partial charge in [0.15, 0.2) is 6.29 Å². The lowest BCUT2D eigenvalue weighted by atomic mass is 9.95. The van der Waals surface area contributed by atoms with Crippen LogP contribution in [0.3, 0.4) is 0 Å². The number of carbonyl (C=O) groups excluding carboxylic acids is 1. The molecule has 1 atom stereocenters. The maximum absolute atomic E-state index is 11.8. The minimum atomic E-state index is -0.235. The molecule has 1 unspecified atom stereocenters. The molecule has 3 heteroatoms. The van der Waals surface area contributed by atoms with E-state index < -0.39 is 0 Å². The van der Waals surface area contributed by atoms with Crippen LogP contribution in [0, 0.1) is 11.8 Å². The van der Waals surface area contributed by atoms with Gasteiger partial charge in [-0.1, -0.05) is 20.8 Å². The third-order valence-corrected chi connectivity index (χ3v) is 2.41. The fraction of sp³-hybridized carbons (Fsp3) is 0.923. The highest BCUT2D eigenvalue weighted by Crippen LogP contribution is 2.15. The monoisotopic (exact) mass is 230 g/mol. The predicted molar refractivity (Wildman–Crippen MR) is 65.3 cm³/mol. The Bertz CT molecular complexity index is 184. The van der Waals surface area contributed by atoms with Gasteiger partial charge in [-0.3, -0.25) is 4.79 Å². The highest BCUT2D eigenvalue weighted by Gasteiger charge is 2.19. The van der Waals surface area contributed by atoms with Crippen LogP contribution in [-0.2, 0) is 14.3 Å². The lowest BCUT2D eigenvalue weighted by molar-refractivity contribution is -0.151. The third-order valence-electron chi connectivity index (χ3n) is 2.41. The SMILES string of the molecule is CCOC(CC(C)C(=O)CC(C)C)OCC. The van der Waals surface area contributed by atoms with E-state index in [0.29, 0.717) is 37.8 Å². The van der Waals surface area contributed by atoms with E-state index in [9.17, 15) is 4.79 Å². The topological polar surface area (TPSA) is 35.5 Å². The zero-order chi connectivity index (χ0) is 12.6. The van der Waals surface area contributed by atoms with Crippen molar-refractivity contribution in [1.29, 1.82) is 0 Å². The molecule has 0 fully saturated rings. The van der Waals surface area contributed by atoms with Crippen LogP contribution in [0.25, 0.3) is 0 Å². The molecule has 0 heterocycles. The van der Waals surface area contributed by atoms with Gasteiger partial charge in [-0.15, -0.1) is 0 Å². The van der Waals surface area contributed by atoms with Crippen molar-refractivity contribution < 1.29 is 14.3 Å². The molecule has 0 radical (unpaired) electrons. The van der Waals surface area contributed by atoms with Crippen LogP contribution in [0.1, 0.15) is 47.5 Å². The fourth-order valence-electron chi connectivity index (χ4n) is 1.58. The number of ketones is 1. The number of carbonyl (C=O) groups is 1. The van der Waals surface area contributed by atoms with Crippen molar-refractivity contribution >= 4 is 5.78 Å². The van der Waals surface area contributed by atoms with Crippen molar-refractivity contribution in [3.8, 4) is 0 Å². The van der Waals surface area contributed by atoms with Crippen LogP contribution in [0.2, 0.25) is 0 Å². The Labute approximate surface area is 99.5 Å². The normalized spacial score (nSPS) is 13.4.